The number of likely N-dealkylation sites (N-methyl/N-ethyl adjacent to an activating group) is 1. The topological polar surface area (TPSA) is 32.7 Å². The highest BCUT2D eigenvalue weighted by Gasteiger charge is 2.34. The van der Waals surface area contributed by atoms with E-state index < -0.39 is 17.5 Å². The van der Waals surface area contributed by atoms with Gasteiger partial charge in [0.2, 0.25) is 0 Å². The molecule has 1 rings (SSSR count). The predicted molar refractivity (Wildman–Crippen MR) is 65.9 cm³/mol. The second-order valence-corrected chi connectivity index (χ2v) is 4.57. The van der Waals surface area contributed by atoms with Gasteiger partial charge in [-0.25, -0.2) is 0 Å². The first-order valence-electron chi connectivity index (χ1n) is 5.84. The molecule has 1 N–H and O–H groups in total. The fourth-order valence-corrected chi connectivity index (χ4v) is 1.72. The third-order valence-corrected chi connectivity index (χ3v) is 2.96. The molecule has 0 spiro atoms. The van der Waals surface area contributed by atoms with Gasteiger partial charge in [-0.1, -0.05) is 6.07 Å². The molecule has 0 heterocycles. The van der Waals surface area contributed by atoms with E-state index in [0.29, 0.717) is 18.7 Å². The lowest BCUT2D eigenvalue weighted by molar-refractivity contribution is -0.138. The summed E-state index contributed by atoms with van der Waals surface area (Å²) in [7, 11) is 3.39. The quantitative estimate of drug-likeness (QED) is 0.898. The third-order valence-electron chi connectivity index (χ3n) is 2.96. The van der Waals surface area contributed by atoms with Gasteiger partial charge in [-0.3, -0.25) is 4.90 Å². The molecular weight excluding hydrogens is 259 g/mol. The lowest BCUT2D eigenvalue weighted by Crippen LogP contribution is -2.32. The fourth-order valence-electron chi connectivity index (χ4n) is 1.72. The van der Waals surface area contributed by atoms with Gasteiger partial charge in [0, 0.05) is 19.7 Å². The Bertz CT molecular complexity index is 421. The van der Waals surface area contributed by atoms with Crippen LogP contribution in [0.3, 0.4) is 0 Å². The molecule has 0 bridgehead atoms. The Labute approximate surface area is 110 Å². The number of aromatic hydroxyl groups is 1. The normalized spacial score (nSPS) is 13.8. The molecule has 0 radical (unpaired) electrons. The van der Waals surface area contributed by atoms with Crippen LogP contribution >= 0.6 is 0 Å². The second-order valence-electron chi connectivity index (χ2n) is 4.57. The summed E-state index contributed by atoms with van der Waals surface area (Å²) in [5.74, 6) is -0.746. The van der Waals surface area contributed by atoms with Gasteiger partial charge in [0.25, 0.3) is 0 Å². The van der Waals surface area contributed by atoms with Crippen LogP contribution in [0.2, 0.25) is 0 Å². The molecular formula is C13H18F3NO2. The number of nitrogens with zero attached hydrogens (tertiary/aromatic N) is 1. The van der Waals surface area contributed by atoms with Crippen molar-refractivity contribution in [1.29, 1.82) is 0 Å². The summed E-state index contributed by atoms with van der Waals surface area (Å²) in [6.45, 7) is 2.78. The number of halogens is 3. The van der Waals surface area contributed by atoms with E-state index in [-0.39, 0.29) is 6.04 Å². The SMILES string of the molecule is COCC(C)N(C)Cc1ccc(O)c(C(F)(F)F)c1. The summed E-state index contributed by atoms with van der Waals surface area (Å²) in [4.78, 5) is 1.88. The molecule has 1 aromatic carbocycles. The van der Waals surface area contributed by atoms with Crippen molar-refractivity contribution in [2.45, 2.75) is 25.7 Å². The first kappa shape index (κ1) is 15.8. The summed E-state index contributed by atoms with van der Waals surface area (Å²) in [5.41, 5.74) is -0.506. The molecule has 19 heavy (non-hydrogen) atoms. The zero-order chi connectivity index (χ0) is 14.6. The number of alkyl halides is 3. The molecule has 108 valence electrons. The molecule has 0 aliphatic rings. The molecule has 6 heteroatoms. The largest absolute Gasteiger partial charge is 0.507 e. The van der Waals surface area contributed by atoms with Gasteiger partial charge in [0.1, 0.15) is 5.75 Å². The number of benzene rings is 1. The van der Waals surface area contributed by atoms with E-state index >= 15 is 0 Å². The molecule has 1 unspecified atom stereocenters. The van der Waals surface area contributed by atoms with Crippen molar-refractivity contribution in [3.63, 3.8) is 0 Å². The van der Waals surface area contributed by atoms with Crippen LogP contribution in [-0.2, 0) is 17.5 Å². The Morgan fingerprint density at radius 3 is 2.53 bits per heavy atom. The van der Waals surface area contributed by atoms with Gasteiger partial charge < -0.3 is 9.84 Å². The van der Waals surface area contributed by atoms with Gasteiger partial charge in [-0.2, -0.15) is 13.2 Å². The average Bonchev–Trinajstić information content (AvgIpc) is 2.30. The fraction of sp³-hybridized carbons (Fsp3) is 0.538. The van der Waals surface area contributed by atoms with Gasteiger partial charge in [0.05, 0.1) is 12.2 Å². The van der Waals surface area contributed by atoms with Crippen LogP contribution in [0.25, 0.3) is 0 Å². The minimum Gasteiger partial charge on any atom is -0.507 e. The predicted octanol–water partition coefficient (Wildman–Crippen LogP) is 2.88. The maximum absolute atomic E-state index is 12.7. The number of methoxy groups -OCH3 is 1. The molecule has 0 fully saturated rings. The summed E-state index contributed by atoms with van der Waals surface area (Å²) in [6, 6.07) is 3.63. The number of hydrogen-bond acceptors (Lipinski definition) is 3. The Hall–Kier alpha value is -1.27. The summed E-state index contributed by atoms with van der Waals surface area (Å²) >= 11 is 0. The highest BCUT2D eigenvalue weighted by atomic mass is 19.4. The van der Waals surface area contributed by atoms with Crippen LogP contribution < -0.4 is 0 Å². The molecule has 0 aromatic heterocycles. The highest BCUT2D eigenvalue weighted by molar-refractivity contribution is 5.38. The maximum atomic E-state index is 12.7. The standard InChI is InChI=1S/C13H18F3NO2/c1-9(8-19-3)17(2)7-10-4-5-12(18)11(6-10)13(14,15)16/h4-6,9,18H,7-8H2,1-3H3. The Morgan fingerprint density at radius 2 is 2.00 bits per heavy atom. The zero-order valence-corrected chi connectivity index (χ0v) is 11.2. The highest BCUT2D eigenvalue weighted by Crippen LogP contribution is 2.36. The maximum Gasteiger partial charge on any atom is 0.419 e. The van der Waals surface area contributed by atoms with Crippen LogP contribution in [0.15, 0.2) is 18.2 Å². The van der Waals surface area contributed by atoms with Crippen molar-refractivity contribution in [2.75, 3.05) is 20.8 Å². The van der Waals surface area contributed by atoms with Crippen molar-refractivity contribution >= 4 is 0 Å². The Morgan fingerprint density at radius 1 is 1.37 bits per heavy atom. The molecule has 0 aliphatic heterocycles. The van der Waals surface area contributed by atoms with Gasteiger partial charge in [-0.05, 0) is 31.7 Å². The van der Waals surface area contributed by atoms with Crippen LogP contribution in [0.5, 0.6) is 5.75 Å². The van der Waals surface area contributed by atoms with Crippen LogP contribution in [0.1, 0.15) is 18.1 Å². The van der Waals surface area contributed by atoms with Crippen LogP contribution in [-0.4, -0.2) is 36.8 Å². The lowest BCUT2D eigenvalue weighted by Gasteiger charge is -2.24. The van der Waals surface area contributed by atoms with Crippen LogP contribution in [0, 0.1) is 0 Å². The lowest BCUT2D eigenvalue weighted by atomic mass is 10.1. The second kappa shape index (κ2) is 6.25. The van der Waals surface area contributed by atoms with E-state index in [1.165, 1.54) is 6.07 Å². The van der Waals surface area contributed by atoms with Crippen molar-refractivity contribution in [2.24, 2.45) is 0 Å². The summed E-state index contributed by atoms with van der Waals surface area (Å²) < 4.78 is 43.0. The zero-order valence-electron chi connectivity index (χ0n) is 11.2. The third kappa shape index (κ3) is 4.40. The number of phenols is 1. The van der Waals surface area contributed by atoms with E-state index in [2.05, 4.69) is 0 Å². The number of phenolic OH excluding ortho intramolecular Hbond substituents is 1. The summed E-state index contributed by atoms with van der Waals surface area (Å²) in [6.07, 6.45) is -4.54. The first-order chi connectivity index (χ1) is 8.75. The first-order valence-corrected chi connectivity index (χ1v) is 5.84. The monoisotopic (exact) mass is 277 g/mol. The van der Waals surface area contributed by atoms with Crippen molar-refractivity contribution < 1.29 is 23.0 Å². The van der Waals surface area contributed by atoms with Crippen molar-refractivity contribution in [1.82, 2.24) is 4.90 Å². The molecule has 0 aliphatic carbocycles. The minimum atomic E-state index is -4.54. The van der Waals surface area contributed by atoms with E-state index in [9.17, 15) is 18.3 Å². The van der Waals surface area contributed by atoms with E-state index in [1.807, 2.05) is 18.9 Å². The van der Waals surface area contributed by atoms with Gasteiger partial charge in [0.15, 0.2) is 0 Å². The van der Waals surface area contributed by atoms with Gasteiger partial charge in [-0.15, -0.1) is 0 Å². The minimum absolute atomic E-state index is 0.0909. The molecule has 0 saturated heterocycles. The van der Waals surface area contributed by atoms with E-state index in [1.54, 1.807) is 7.11 Å². The molecule has 0 saturated carbocycles. The Balaban J connectivity index is 2.86. The van der Waals surface area contributed by atoms with Crippen molar-refractivity contribution in [3.8, 4) is 5.75 Å². The van der Waals surface area contributed by atoms with Gasteiger partial charge >= 0.3 is 6.18 Å². The summed E-state index contributed by atoms with van der Waals surface area (Å²) in [5, 5.41) is 9.24. The number of hydrogen-bond donors (Lipinski definition) is 1. The number of ether oxygens (including phenoxy) is 1. The molecule has 0 amide bonds. The van der Waals surface area contributed by atoms with Crippen molar-refractivity contribution in [3.05, 3.63) is 29.3 Å². The average molecular weight is 277 g/mol. The smallest absolute Gasteiger partial charge is 0.419 e. The number of rotatable bonds is 5. The van der Waals surface area contributed by atoms with Crippen LogP contribution in [0.4, 0.5) is 13.2 Å². The van der Waals surface area contributed by atoms with E-state index in [0.717, 1.165) is 12.1 Å². The van der Waals surface area contributed by atoms with E-state index in [4.69, 9.17) is 4.74 Å². The molecule has 3 nitrogen and oxygen atoms in total. The molecule has 1 aromatic rings. The Kier molecular flexibility index (Phi) is 5.20. The molecule has 1 atom stereocenters.